The molecule has 0 radical (unpaired) electrons. The summed E-state index contributed by atoms with van der Waals surface area (Å²) in [6.07, 6.45) is 6.63. The van der Waals surface area contributed by atoms with E-state index in [9.17, 15) is 0 Å². The van der Waals surface area contributed by atoms with E-state index in [1.54, 1.807) is 0 Å². The van der Waals surface area contributed by atoms with Gasteiger partial charge >= 0.3 is 0 Å². The lowest BCUT2D eigenvalue weighted by Gasteiger charge is -2.20. The summed E-state index contributed by atoms with van der Waals surface area (Å²) in [5, 5.41) is 0. The zero-order chi connectivity index (χ0) is 11.2. The van der Waals surface area contributed by atoms with Crippen LogP contribution in [0.5, 0.6) is 0 Å². The van der Waals surface area contributed by atoms with E-state index in [-0.39, 0.29) is 5.54 Å². The number of nitrogens with two attached hydrogens (primary N) is 1. The summed E-state index contributed by atoms with van der Waals surface area (Å²) >= 11 is 3.64. The minimum atomic E-state index is 0.111. The third-order valence-corrected chi connectivity index (χ3v) is 5.16. The van der Waals surface area contributed by atoms with Crippen LogP contribution in [0.25, 0.3) is 0 Å². The van der Waals surface area contributed by atoms with Crippen LogP contribution in [0.1, 0.15) is 43.6 Å². The van der Waals surface area contributed by atoms with Crippen LogP contribution < -0.4 is 5.73 Å². The summed E-state index contributed by atoms with van der Waals surface area (Å²) in [6.45, 7) is 0. The van der Waals surface area contributed by atoms with Gasteiger partial charge in [-0.2, -0.15) is 0 Å². The molecular formula is C14H18BrN. The Morgan fingerprint density at radius 1 is 1.19 bits per heavy atom. The molecule has 1 aromatic rings. The van der Waals surface area contributed by atoms with Crippen molar-refractivity contribution in [1.29, 1.82) is 0 Å². The van der Waals surface area contributed by atoms with E-state index in [0.717, 1.165) is 5.92 Å². The molecule has 86 valence electrons. The number of halogens is 1. The third-order valence-electron chi connectivity index (χ3n) is 4.44. The Balaban J connectivity index is 1.82. The molecule has 3 rings (SSSR count). The maximum absolute atomic E-state index is 6.58. The van der Waals surface area contributed by atoms with Crippen LogP contribution in [-0.2, 0) is 0 Å². The molecule has 0 aliphatic heterocycles. The number of hydrogen-bond donors (Lipinski definition) is 1. The van der Waals surface area contributed by atoms with E-state index in [1.165, 1.54) is 42.1 Å². The summed E-state index contributed by atoms with van der Waals surface area (Å²) in [7, 11) is 0. The molecular weight excluding hydrogens is 262 g/mol. The molecule has 2 saturated carbocycles. The fourth-order valence-corrected chi connectivity index (χ4v) is 3.93. The van der Waals surface area contributed by atoms with Crippen LogP contribution in [0, 0.1) is 5.92 Å². The van der Waals surface area contributed by atoms with Gasteiger partial charge in [-0.1, -0.05) is 47.0 Å². The second-order valence-electron chi connectivity index (χ2n) is 5.37. The van der Waals surface area contributed by atoms with Gasteiger partial charge in [-0.05, 0) is 36.8 Å². The first-order valence-corrected chi connectivity index (χ1v) is 7.04. The van der Waals surface area contributed by atoms with Crippen molar-refractivity contribution in [2.75, 3.05) is 0 Å². The lowest BCUT2D eigenvalue weighted by Crippen LogP contribution is -2.32. The second-order valence-corrected chi connectivity index (χ2v) is 6.23. The summed E-state index contributed by atoms with van der Waals surface area (Å²) in [5.74, 6) is 1.36. The maximum Gasteiger partial charge on any atom is 0.0260 e. The van der Waals surface area contributed by atoms with Gasteiger partial charge in [0.05, 0.1) is 0 Å². The van der Waals surface area contributed by atoms with Crippen molar-refractivity contribution in [2.45, 2.75) is 43.6 Å². The first kappa shape index (κ1) is 10.8. The van der Waals surface area contributed by atoms with Crippen LogP contribution in [0.2, 0.25) is 0 Å². The molecule has 2 unspecified atom stereocenters. The third kappa shape index (κ3) is 1.63. The highest BCUT2D eigenvalue weighted by molar-refractivity contribution is 9.10. The molecule has 2 aliphatic rings. The molecule has 16 heavy (non-hydrogen) atoms. The largest absolute Gasteiger partial charge is 0.324 e. The molecule has 0 aromatic heterocycles. The van der Waals surface area contributed by atoms with Gasteiger partial charge in [0.1, 0.15) is 0 Å². The lowest BCUT2D eigenvalue weighted by atomic mass is 9.92. The fourth-order valence-electron chi connectivity index (χ4n) is 3.37. The van der Waals surface area contributed by atoms with Gasteiger partial charge in [-0.15, -0.1) is 0 Å². The Morgan fingerprint density at radius 3 is 2.56 bits per heavy atom. The molecule has 2 N–H and O–H groups in total. The highest BCUT2D eigenvalue weighted by atomic mass is 79.9. The molecule has 0 spiro atoms. The average Bonchev–Trinajstić information content (AvgIpc) is 2.77. The highest BCUT2D eigenvalue weighted by Crippen LogP contribution is 2.58. The van der Waals surface area contributed by atoms with Gasteiger partial charge in [-0.3, -0.25) is 0 Å². The molecule has 0 amide bonds. The van der Waals surface area contributed by atoms with Gasteiger partial charge in [-0.25, -0.2) is 0 Å². The Morgan fingerprint density at radius 2 is 1.88 bits per heavy atom. The molecule has 1 nitrogen and oxygen atoms in total. The van der Waals surface area contributed by atoms with E-state index in [1.807, 2.05) is 0 Å². The quantitative estimate of drug-likeness (QED) is 0.875. The predicted octanol–water partition coefficient (Wildman–Crippen LogP) is 3.82. The average molecular weight is 280 g/mol. The molecule has 0 bridgehead atoms. The van der Waals surface area contributed by atoms with E-state index >= 15 is 0 Å². The Hall–Kier alpha value is -0.340. The van der Waals surface area contributed by atoms with E-state index in [4.69, 9.17) is 5.73 Å². The molecule has 2 atom stereocenters. The second kappa shape index (κ2) is 3.85. The SMILES string of the molecule is NC1(C2CCCC2)CC1c1ccccc1Br. The first-order valence-electron chi connectivity index (χ1n) is 6.25. The van der Waals surface area contributed by atoms with Gasteiger partial charge in [0, 0.05) is 15.9 Å². The minimum Gasteiger partial charge on any atom is -0.324 e. The number of hydrogen-bond acceptors (Lipinski definition) is 1. The normalized spacial score (nSPS) is 34.2. The van der Waals surface area contributed by atoms with Crippen molar-refractivity contribution in [3.63, 3.8) is 0 Å². The molecule has 0 saturated heterocycles. The molecule has 0 heterocycles. The van der Waals surface area contributed by atoms with Crippen molar-refractivity contribution in [1.82, 2.24) is 0 Å². The maximum atomic E-state index is 6.58. The van der Waals surface area contributed by atoms with Crippen molar-refractivity contribution >= 4 is 15.9 Å². The standard InChI is InChI=1S/C14H18BrN/c15-13-8-4-3-7-11(13)12-9-14(12,16)10-5-1-2-6-10/h3-4,7-8,10,12H,1-2,5-6,9,16H2. The van der Waals surface area contributed by atoms with Gasteiger partial charge in [0.25, 0.3) is 0 Å². The highest BCUT2D eigenvalue weighted by Gasteiger charge is 2.57. The van der Waals surface area contributed by atoms with Crippen LogP contribution in [-0.4, -0.2) is 5.54 Å². The fraction of sp³-hybridized carbons (Fsp3) is 0.571. The zero-order valence-electron chi connectivity index (χ0n) is 9.45. The van der Waals surface area contributed by atoms with Crippen molar-refractivity contribution in [2.24, 2.45) is 11.7 Å². The summed E-state index contributed by atoms with van der Waals surface area (Å²) in [4.78, 5) is 0. The van der Waals surface area contributed by atoms with Crippen LogP contribution >= 0.6 is 15.9 Å². The molecule has 2 aliphatic carbocycles. The lowest BCUT2D eigenvalue weighted by molar-refractivity contribution is 0.404. The number of rotatable bonds is 2. The molecule has 2 fully saturated rings. The van der Waals surface area contributed by atoms with E-state index in [2.05, 4.69) is 40.2 Å². The first-order chi connectivity index (χ1) is 7.72. The Bertz CT molecular complexity index is 397. The van der Waals surface area contributed by atoms with Crippen molar-refractivity contribution in [3.8, 4) is 0 Å². The van der Waals surface area contributed by atoms with E-state index in [0.29, 0.717) is 5.92 Å². The summed E-state index contributed by atoms with van der Waals surface area (Å²) < 4.78 is 1.23. The van der Waals surface area contributed by atoms with Gasteiger partial charge in [0.2, 0.25) is 0 Å². The summed E-state index contributed by atoms with van der Waals surface area (Å²) in [6, 6.07) is 8.54. The Labute approximate surface area is 106 Å². The molecule has 1 aromatic carbocycles. The van der Waals surface area contributed by atoms with Gasteiger partial charge < -0.3 is 5.73 Å². The van der Waals surface area contributed by atoms with E-state index < -0.39 is 0 Å². The summed E-state index contributed by atoms with van der Waals surface area (Å²) in [5.41, 5.74) is 8.10. The topological polar surface area (TPSA) is 26.0 Å². The smallest absolute Gasteiger partial charge is 0.0260 e. The molecule has 2 heteroatoms. The van der Waals surface area contributed by atoms with Crippen molar-refractivity contribution < 1.29 is 0 Å². The monoisotopic (exact) mass is 279 g/mol. The minimum absolute atomic E-state index is 0.111. The van der Waals surface area contributed by atoms with Crippen LogP contribution in [0.3, 0.4) is 0 Å². The Kier molecular flexibility index (Phi) is 2.60. The van der Waals surface area contributed by atoms with Gasteiger partial charge in [0.15, 0.2) is 0 Å². The van der Waals surface area contributed by atoms with Crippen LogP contribution in [0.15, 0.2) is 28.7 Å². The zero-order valence-corrected chi connectivity index (χ0v) is 11.0. The van der Waals surface area contributed by atoms with Crippen LogP contribution in [0.4, 0.5) is 0 Å². The van der Waals surface area contributed by atoms with Crippen molar-refractivity contribution in [3.05, 3.63) is 34.3 Å². The number of benzene rings is 1. The predicted molar refractivity (Wildman–Crippen MR) is 70.4 cm³/mol.